The van der Waals surface area contributed by atoms with Gasteiger partial charge in [-0.05, 0) is 0 Å². The Morgan fingerprint density at radius 2 is 2.05 bits per heavy atom. The number of alkyl halides is 3. The molecule has 0 aromatic carbocycles. The summed E-state index contributed by atoms with van der Waals surface area (Å²) in [5.74, 6) is -0.0471. The minimum atomic E-state index is -4.52. The molecule has 116 valence electrons. The smallest absolute Gasteiger partial charge is 0.379 e. The van der Waals surface area contributed by atoms with E-state index in [9.17, 15) is 21.6 Å². The molecule has 6 nitrogen and oxygen atoms in total. The average Bonchev–Trinajstić information content (AvgIpc) is 2.53. The molecule has 0 radical (unpaired) electrons. The number of aromatic nitrogens is 1. The van der Waals surface area contributed by atoms with Crippen LogP contribution in [-0.2, 0) is 22.0 Å². The van der Waals surface area contributed by atoms with Crippen molar-refractivity contribution in [2.45, 2.75) is 11.9 Å². The summed E-state index contributed by atoms with van der Waals surface area (Å²) in [6.07, 6.45) is -3.80. The van der Waals surface area contributed by atoms with E-state index in [1.54, 1.807) is 0 Å². The van der Waals surface area contributed by atoms with Gasteiger partial charge in [0.1, 0.15) is 0 Å². The van der Waals surface area contributed by atoms with Crippen molar-refractivity contribution in [2.24, 2.45) is 5.73 Å². The first-order chi connectivity index (χ1) is 8.80. The lowest BCUT2D eigenvalue weighted by Gasteiger charge is -2.04. The van der Waals surface area contributed by atoms with Gasteiger partial charge in [0.15, 0.2) is 15.3 Å². The Morgan fingerprint density at radius 1 is 1.60 bits per heavy atom. The molecule has 0 fully saturated rings. The molecule has 1 aromatic rings. The van der Waals surface area contributed by atoms with Crippen LogP contribution in [0, 0.1) is 5.41 Å². The van der Waals surface area contributed by atoms with E-state index >= 15 is 0 Å². The molecule has 1 heterocycles. The SMILES string of the molecule is CS(=O)(=O)O.N=C(N)SCc1sc(Cl)nc1C(F)(F)F. The van der Waals surface area contributed by atoms with E-state index in [1.165, 1.54) is 0 Å². The second-order valence-electron chi connectivity index (χ2n) is 3.12. The molecule has 4 N–H and O–H groups in total. The molecule has 1 aromatic heterocycles. The van der Waals surface area contributed by atoms with Crippen LogP contribution < -0.4 is 5.73 Å². The zero-order chi connectivity index (χ0) is 16.1. The molecule has 0 spiro atoms. The molecular formula is C7H9ClF3N3O3S3. The number of nitrogens with zero attached hydrogens (tertiary/aromatic N) is 1. The largest absolute Gasteiger partial charge is 0.434 e. The van der Waals surface area contributed by atoms with Gasteiger partial charge in [-0.25, -0.2) is 4.98 Å². The highest BCUT2D eigenvalue weighted by Crippen LogP contribution is 2.37. The van der Waals surface area contributed by atoms with Crippen LogP contribution in [0.3, 0.4) is 0 Å². The summed E-state index contributed by atoms with van der Waals surface area (Å²) < 4.78 is 62.8. The van der Waals surface area contributed by atoms with Gasteiger partial charge in [0, 0.05) is 10.6 Å². The van der Waals surface area contributed by atoms with Crippen LogP contribution in [0.2, 0.25) is 4.47 Å². The Hall–Kier alpha value is -0.560. The predicted octanol–water partition coefficient (Wildman–Crippen LogP) is 2.45. The van der Waals surface area contributed by atoms with Crippen molar-refractivity contribution in [1.29, 1.82) is 5.41 Å². The monoisotopic (exact) mass is 371 g/mol. The van der Waals surface area contributed by atoms with Crippen molar-refractivity contribution in [1.82, 2.24) is 4.98 Å². The summed E-state index contributed by atoms with van der Waals surface area (Å²) in [6, 6.07) is 0. The van der Waals surface area contributed by atoms with E-state index in [1.807, 2.05) is 0 Å². The van der Waals surface area contributed by atoms with E-state index in [2.05, 4.69) is 4.98 Å². The third kappa shape index (κ3) is 9.36. The summed E-state index contributed by atoms with van der Waals surface area (Å²) in [4.78, 5) is 3.17. The van der Waals surface area contributed by atoms with Gasteiger partial charge in [0.2, 0.25) is 0 Å². The van der Waals surface area contributed by atoms with Gasteiger partial charge < -0.3 is 5.73 Å². The number of thioether (sulfide) groups is 1. The van der Waals surface area contributed by atoms with Crippen LogP contribution >= 0.6 is 34.7 Å². The van der Waals surface area contributed by atoms with E-state index in [-0.39, 0.29) is 20.3 Å². The summed E-state index contributed by atoms with van der Waals surface area (Å²) in [6.45, 7) is 0. The number of hydrogen-bond acceptors (Lipinski definition) is 6. The van der Waals surface area contributed by atoms with Crippen molar-refractivity contribution >= 4 is 50.0 Å². The molecule has 13 heteroatoms. The first-order valence-corrected chi connectivity index (χ1v) is 8.45. The number of rotatable bonds is 2. The van der Waals surface area contributed by atoms with E-state index in [0.29, 0.717) is 6.26 Å². The lowest BCUT2D eigenvalue weighted by atomic mass is 10.4. The molecule has 0 saturated carbocycles. The van der Waals surface area contributed by atoms with Gasteiger partial charge in [0.25, 0.3) is 10.1 Å². The maximum atomic E-state index is 12.4. The zero-order valence-corrected chi connectivity index (χ0v) is 12.9. The van der Waals surface area contributed by atoms with Crippen molar-refractivity contribution < 1.29 is 26.1 Å². The van der Waals surface area contributed by atoms with E-state index < -0.39 is 22.0 Å². The average molecular weight is 372 g/mol. The maximum absolute atomic E-state index is 12.4. The number of nitrogens with one attached hydrogen (secondary N) is 1. The third-order valence-electron chi connectivity index (χ3n) is 1.30. The summed E-state index contributed by atoms with van der Waals surface area (Å²) in [5.41, 5.74) is 4.03. The zero-order valence-electron chi connectivity index (χ0n) is 9.73. The normalized spacial score (nSPS) is 11.7. The fourth-order valence-corrected chi connectivity index (χ4v) is 2.58. The summed E-state index contributed by atoms with van der Waals surface area (Å²) >= 11 is 6.95. The molecule has 0 atom stereocenters. The number of thiazole rings is 1. The molecule has 0 unspecified atom stereocenters. The van der Waals surface area contributed by atoms with E-state index in [4.69, 9.17) is 27.3 Å². The third-order valence-corrected chi connectivity index (χ3v) is 3.39. The molecule has 0 saturated heterocycles. The molecule has 0 aliphatic heterocycles. The van der Waals surface area contributed by atoms with Gasteiger partial charge in [-0.2, -0.15) is 21.6 Å². The van der Waals surface area contributed by atoms with E-state index in [0.717, 1.165) is 23.1 Å². The fourth-order valence-electron chi connectivity index (χ4n) is 0.786. The van der Waals surface area contributed by atoms with Crippen LogP contribution in [0.1, 0.15) is 10.6 Å². The topological polar surface area (TPSA) is 117 Å². The maximum Gasteiger partial charge on any atom is 0.434 e. The van der Waals surface area contributed by atoms with Crippen LogP contribution in [0.25, 0.3) is 0 Å². The highest BCUT2D eigenvalue weighted by Gasteiger charge is 2.37. The second kappa shape index (κ2) is 7.45. The van der Waals surface area contributed by atoms with Gasteiger partial charge in [-0.15, -0.1) is 11.3 Å². The summed E-state index contributed by atoms with van der Waals surface area (Å²) in [5, 5.41) is 6.64. The Kier molecular flexibility index (Phi) is 7.24. The second-order valence-corrected chi connectivity index (χ2v) is 7.27. The van der Waals surface area contributed by atoms with Crippen molar-refractivity contribution in [3.63, 3.8) is 0 Å². The van der Waals surface area contributed by atoms with Gasteiger partial charge in [-0.3, -0.25) is 9.96 Å². The summed E-state index contributed by atoms with van der Waals surface area (Å²) in [7, 11) is -3.67. The highest BCUT2D eigenvalue weighted by atomic mass is 35.5. The fraction of sp³-hybridized carbons (Fsp3) is 0.429. The molecule has 20 heavy (non-hydrogen) atoms. The minimum absolute atomic E-state index is 0.0206. The first-order valence-electron chi connectivity index (χ1n) is 4.42. The predicted molar refractivity (Wildman–Crippen MR) is 72.8 cm³/mol. The van der Waals surface area contributed by atoms with Crippen molar-refractivity contribution in [3.8, 4) is 0 Å². The highest BCUT2D eigenvalue weighted by molar-refractivity contribution is 8.13. The minimum Gasteiger partial charge on any atom is -0.379 e. The standard InChI is InChI=1S/C6H5ClF3N3S2.CH4O3S/c7-4-13-3(6(8,9)10)2(15-4)1-14-5(11)12;1-5(2,3)4/h1H2,(H3,11,12);1H3,(H,2,3,4). The Morgan fingerprint density at radius 3 is 2.40 bits per heavy atom. The molecule has 0 bridgehead atoms. The van der Waals surface area contributed by atoms with Crippen LogP contribution in [0.15, 0.2) is 0 Å². The molecule has 1 rings (SSSR count). The van der Waals surface area contributed by atoms with Gasteiger partial charge in [0.05, 0.1) is 6.26 Å². The molecule has 0 aliphatic carbocycles. The number of hydrogen-bond donors (Lipinski definition) is 3. The number of halogens is 4. The van der Waals surface area contributed by atoms with Crippen LogP contribution in [0.5, 0.6) is 0 Å². The Bertz CT molecular complexity index is 565. The molecule has 0 amide bonds. The van der Waals surface area contributed by atoms with Crippen molar-refractivity contribution in [2.75, 3.05) is 6.26 Å². The Labute approximate surface area is 125 Å². The molecular weight excluding hydrogens is 363 g/mol. The van der Waals surface area contributed by atoms with Gasteiger partial charge >= 0.3 is 6.18 Å². The van der Waals surface area contributed by atoms with Gasteiger partial charge in [-0.1, -0.05) is 23.4 Å². The number of amidine groups is 1. The Balaban J connectivity index is 0.000000621. The van der Waals surface area contributed by atoms with Crippen molar-refractivity contribution in [3.05, 3.63) is 15.0 Å². The lowest BCUT2D eigenvalue weighted by molar-refractivity contribution is -0.141. The lowest BCUT2D eigenvalue weighted by Crippen LogP contribution is -2.09. The molecule has 0 aliphatic rings. The van der Waals surface area contributed by atoms with Crippen LogP contribution in [-0.4, -0.2) is 29.4 Å². The first kappa shape index (κ1) is 19.4. The quantitative estimate of drug-likeness (QED) is 0.417. The van der Waals surface area contributed by atoms with Crippen LogP contribution in [0.4, 0.5) is 13.2 Å². The number of nitrogens with two attached hydrogens (primary N) is 1.